The number of hydrogen-bond donors (Lipinski definition) is 1. The maximum absolute atomic E-state index is 12.9. The van der Waals surface area contributed by atoms with Gasteiger partial charge in [-0.2, -0.15) is 0 Å². The van der Waals surface area contributed by atoms with Crippen LogP contribution in [0.1, 0.15) is 134 Å². The Bertz CT molecular complexity index is 648. The smallest absolute Gasteiger partial charge is 0.226 e. The minimum absolute atomic E-state index is 0.0200. The normalized spacial score (nSPS) is 12.4. The predicted octanol–water partition coefficient (Wildman–Crippen LogP) is 9.06. The number of nitrogens with one attached hydrogen (secondary N) is 1. The zero-order valence-corrected chi connectivity index (χ0v) is 24.4. The highest BCUT2D eigenvalue weighted by Crippen LogP contribution is 2.35. The van der Waals surface area contributed by atoms with Gasteiger partial charge in [-0.3, -0.25) is 4.79 Å². The minimum atomic E-state index is -0.344. The molecule has 188 valence electrons. The first-order valence-corrected chi connectivity index (χ1v) is 13.0. The van der Waals surface area contributed by atoms with Crippen LogP contribution in [-0.2, 0) is 15.6 Å². The molecule has 1 rings (SSSR count). The van der Waals surface area contributed by atoms with Crippen molar-refractivity contribution in [3.8, 4) is 0 Å². The lowest BCUT2D eigenvalue weighted by Gasteiger charge is -2.38. The first kappa shape index (κ1) is 32.9. The summed E-state index contributed by atoms with van der Waals surface area (Å²) in [5.41, 5.74) is 2.29. The number of hydrogen-bond acceptors (Lipinski definition) is 1. The zero-order chi connectivity index (χ0) is 26.0. The third kappa shape index (κ3) is 10.5. The Hall–Kier alpha value is -1.31. The summed E-state index contributed by atoms with van der Waals surface area (Å²) in [6.07, 6.45) is 2.91. The Morgan fingerprint density at radius 1 is 0.781 bits per heavy atom. The molecule has 1 aromatic rings. The summed E-state index contributed by atoms with van der Waals surface area (Å²) in [4.78, 5) is 12.9. The molecule has 1 amide bonds. The quantitative estimate of drug-likeness (QED) is 0.402. The highest BCUT2D eigenvalue weighted by Gasteiger charge is 2.36. The van der Waals surface area contributed by atoms with Crippen LogP contribution in [0, 0.1) is 11.3 Å². The lowest BCUT2D eigenvalue weighted by Crippen LogP contribution is -2.51. The average Bonchev–Trinajstić information content (AvgIpc) is 2.69. The van der Waals surface area contributed by atoms with E-state index >= 15 is 0 Å². The van der Waals surface area contributed by atoms with Crippen molar-refractivity contribution in [3.05, 3.63) is 35.4 Å². The van der Waals surface area contributed by atoms with Crippen molar-refractivity contribution in [2.24, 2.45) is 11.3 Å². The van der Waals surface area contributed by atoms with Crippen LogP contribution in [0.15, 0.2) is 24.3 Å². The van der Waals surface area contributed by atoms with Crippen molar-refractivity contribution in [2.75, 3.05) is 0 Å². The number of rotatable bonds is 9. The highest BCUT2D eigenvalue weighted by atomic mass is 16.2. The molecule has 0 spiro atoms. The van der Waals surface area contributed by atoms with Gasteiger partial charge in [0.25, 0.3) is 0 Å². The molecule has 1 aromatic carbocycles. The van der Waals surface area contributed by atoms with Crippen LogP contribution >= 0.6 is 0 Å². The van der Waals surface area contributed by atoms with Gasteiger partial charge in [0, 0.05) is 11.0 Å². The Balaban J connectivity index is 0. The summed E-state index contributed by atoms with van der Waals surface area (Å²) in [6, 6.07) is 9.09. The van der Waals surface area contributed by atoms with Crippen LogP contribution in [-0.4, -0.2) is 11.4 Å². The maximum atomic E-state index is 12.9. The molecule has 0 radical (unpaired) electrons. The van der Waals surface area contributed by atoms with Crippen molar-refractivity contribution in [3.63, 3.8) is 0 Å². The molecular weight excluding hydrogens is 390 g/mol. The van der Waals surface area contributed by atoms with Crippen LogP contribution in [0.3, 0.4) is 0 Å². The van der Waals surface area contributed by atoms with Gasteiger partial charge in [0.05, 0.1) is 0 Å². The van der Waals surface area contributed by atoms with E-state index in [1.807, 2.05) is 27.7 Å². The average molecular weight is 448 g/mol. The minimum Gasteiger partial charge on any atom is -0.351 e. The monoisotopic (exact) mass is 447 g/mol. The van der Waals surface area contributed by atoms with Crippen LogP contribution < -0.4 is 5.32 Å². The van der Waals surface area contributed by atoms with Crippen molar-refractivity contribution in [2.45, 2.75) is 139 Å². The van der Waals surface area contributed by atoms with Crippen molar-refractivity contribution in [1.29, 1.82) is 0 Å². The van der Waals surface area contributed by atoms with E-state index in [0.717, 1.165) is 19.3 Å². The molecule has 0 aliphatic carbocycles. The lowest BCUT2D eigenvalue weighted by molar-refractivity contribution is -0.132. The third-order valence-corrected chi connectivity index (χ3v) is 6.20. The van der Waals surface area contributed by atoms with Crippen molar-refractivity contribution in [1.82, 2.24) is 5.32 Å². The van der Waals surface area contributed by atoms with Gasteiger partial charge in [-0.05, 0) is 61.0 Å². The van der Waals surface area contributed by atoms with E-state index < -0.39 is 0 Å². The van der Waals surface area contributed by atoms with E-state index in [0.29, 0.717) is 5.92 Å². The second-order valence-electron chi connectivity index (χ2n) is 11.7. The van der Waals surface area contributed by atoms with Crippen LogP contribution in [0.4, 0.5) is 0 Å². The molecule has 0 aromatic heterocycles. The molecule has 0 fully saturated rings. The van der Waals surface area contributed by atoms with E-state index in [4.69, 9.17) is 0 Å². The van der Waals surface area contributed by atoms with E-state index in [-0.39, 0.29) is 27.7 Å². The molecule has 0 saturated carbocycles. The van der Waals surface area contributed by atoms with Gasteiger partial charge in [-0.1, -0.05) is 114 Å². The van der Waals surface area contributed by atoms with E-state index in [1.54, 1.807) is 0 Å². The van der Waals surface area contributed by atoms with Gasteiger partial charge < -0.3 is 5.32 Å². The van der Waals surface area contributed by atoms with E-state index in [1.165, 1.54) is 11.1 Å². The predicted molar refractivity (Wildman–Crippen MR) is 146 cm³/mol. The first-order chi connectivity index (χ1) is 14.5. The number of carbonyl (C=O) groups excluding carboxylic acids is 1. The van der Waals surface area contributed by atoms with Crippen molar-refractivity contribution < 1.29 is 4.79 Å². The zero-order valence-electron chi connectivity index (χ0n) is 24.4. The molecule has 0 heterocycles. The summed E-state index contributed by atoms with van der Waals surface area (Å²) in [5.74, 6) is 0.660. The lowest BCUT2D eigenvalue weighted by atomic mass is 9.73. The van der Waals surface area contributed by atoms with Crippen LogP contribution in [0.5, 0.6) is 0 Å². The second kappa shape index (κ2) is 13.4. The molecular formula is C30H57NO. The summed E-state index contributed by atoms with van der Waals surface area (Å²) in [7, 11) is 0. The summed E-state index contributed by atoms with van der Waals surface area (Å²) in [6.45, 7) is 32.1. The molecule has 0 unspecified atom stereocenters. The molecule has 0 aliphatic heterocycles. The van der Waals surface area contributed by atoms with Gasteiger partial charge in [-0.25, -0.2) is 0 Å². The Morgan fingerprint density at radius 2 is 1.16 bits per heavy atom. The number of carbonyl (C=O) groups is 1. The van der Waals surface area contributed by atoms with Gasteiger partial charge in [0.2, 0.25) is 5.91 Å². The summed E-state index contributed by atoms with van der Waals surface area (Å²) in [5, 5.41) is 3.33. The standard InChI is InChI=1S/C26H45NO.2C2H6/c1-12-23(4,5)20-13-15-21(16-14-20)25(8,9)18-26(10,11)27-22(28)24(6,7)17-19(2)3;2*1-2/h13-16,19H,12,17-18H2,1-11H3,(H,27,28);2*1-2H3. The molecule has 0 aliphatic rings. The fraction of sp³-hybridized carbons (Fsp3) is 0.767. The van der Waals surface area contributed by atoms with Gasteiger partial charge in [0.1, 0.15) is 0 Å². The van der Waals surface area contributed by atoms with Gasteiger partial charge >= 0.3 is 0 Å². The topological polar surface area (TPSA) is 29.1 Å². The number of benzene rings is 1. The SMILES string of the molecule is CC.CC.CCC(C)(C)c1ccc(C(C)(C)CC(C)(C)NC(=O)C(C)(C)CC(C)C)cc1. The second-order valence-corrected chi connectivity index (χ2v) is 11.7. The fourth-order valence-corrected chi connectivity index (χ4v) is 4.42. The highest BCUT2D eigenvalue weighted by molar-refractivity contribution is 5.82. The molecule has 1 N–H and O–H groups in total. The molecule has 2 heteroatoms. The summed E-state index contributed by atoms with van der Waals surface area (Å²) >= 11 is 0. The third-order valence-electron chi connectivity index (χ3n) is 6.20. The largest absolute Gasteiger partial charge is 0.351 e. The molecule has 0 atom stereocenters. The first-order valence-electron chi connectivity index (χ1n) is 13.0. The molecule has 0 saturated heterocycles. The summed E-state index contributed by atoms with van der Waals surface area (Å²) < 4.78 is 0. The van der Waals surface area contributed by atoms with Crippen molar-refractivity contribution >= 4 is 5.91 Å². The Morgan fingerprint density at radius 3 is 1.50 bits per heavy atom. The molecule has 32 heavy (non-hydrogen) atoms. The van der Waals surface area contributed by atoms with Crippen LogP contribution in [0.2, 0.25) is 0 Å². The van der Waals surface area contributed by atoms with Gasteiger partial charge in [-0.15, -0.1) is 0 Å². The van der Waals surface area contributed by atoms with Crippen LogP contribution in [0.25, 0.3) is 0 Å². The Labute approximate surface area is 202 Å². The molecule has 2 nitrogen and oxygen atoms in total. The molecule has 0 bridgehead atoms. The maximum Gasteiger partial charge on any atom is 0.226 e. The van der Waals surface area contributed by atoms with E-state index in [2.05, 4.69) is 106 Å². The Kier molecular flexibility index (Phi) is 13.8. The fourth-order valence-electron chi connectivity index (χ4n) is 4.42. The van der Waals surface area contributed by atoms with Gasteiger partial charge in [0.15, 0.2) is 0 Å². The van der Waals surface area contributed by atoms with E-state index in [9.17, 15) is 4.79 Å². The number of amides is 1.